The third kappa shape index (κ3) is 0.976. The first-order valence-corrected chi connectivity index (χ1v) is 5.16. The number of rotatable bonds is 1. The van der Waals surface area contributed by atoms with Gasteiger partial charge in [0.1, 0.15) is 0 Å². The number of carboxylic acid groups (broad SMARTS) is 1. The van der Waals surface area contributed by atoms with E-state index in [9.17, 15) is 4.79 Å². The highest BCUT2D eigenvalue weighted by atomic mass is 16.4. The largest absolute Gasteiger partial charge is 0.481 e. The van der Waals surface area contributed by atoms with Gasteiger partial charge in [0.15, 0.2) is 0 Å². The highest BCUT2D eigenvalue weighted by Gasteiger charge is 2.47. The summed E-state index contributed by atoms with van der Waals surface area (Å²) in [6, 6.07) is 0. The van der Waals surface area contributed by atoms with E-state index in [0.717, 1.165) is 31.6 Å². The predicted octanol–water partition coefficient (Wildman–Crippen LogP) is 2.06. The smallest absolute Gasteiger partial charge is 0.307 e. The molecule has 4 aliphatic rings. The lowest BCUT2D eigenvalue weighted by atomic mass is 9.56. The lowest BCUT2D eigenvalue weighted by Crippen LogP contribution is -2.43. The van der Waals surface area contributed by atoms with E-state index in [4.69, 9.17) is 5.11 Å². The van der Waals surface area contributed by atoms with Crippen molar-refractivity contribution in [2.45, 2.75) is 25.7 Å². The van der Waals surface area contributed by atoms with Crippen LogP contribution in [0.4, 0.5) is 0 Å². The number of allylic oxidation sites excluding steroid dienone is 2. The van der Waals surface area contributed by atoms with Crippen LogP contribution in [-0.2, 0) is 4.79 Å². The van der Waals surface area contributed by atoms with Gasteiger partial charge in [-0.25, -0.2) is 0 Å². The van der Waals surface area contributed by atoms with Gasteiger partial charge in [-0.05, 0) is 43.4 Å². The van der Waals surface area contributed by atoms with Crippen LogP contribution in [0.25, 0.3) is 0 Å². The van der Waals surface area contributed by atoms with E-state index in [2.05, 4.69) is 6.08 Å². The zero-order valence-electron chi connectivity index (χ0n) is 7.57. The normalized spacial score (nSPS) is 46.3. The molecule has 0 aromatic carbocycles. The lowest BCUT2D eigenvalue weighted by Gasteiger charge is -2.48. The number of aliphatic carboxylic acids is 1. The van der Waals surface area contributed by atoms with Crippen molar-refractivity contribution in [2.24, 2.45) is 23.7 Å². The Bertz CT molecular complexity index is 274. The fourth-order valence-electron chi connectivity index (χ4n) is 3.74. The van der Waals surface area contributed by atoms with Crippen LogP contribution in [0.15, 0.2) is 11.6 Å². The first-order valence-electron chi connectivity index (χ1n) is 5.16. The molecule has 0 aliphatic heterocycles. The second-order valence-electron chi connectivity index (χ2n) is 4.85. The molecule has 2 unspecified atom stereocenters. The van der Waals surface area contributed by atoms with Crippen molar-refractivity contribution in [1.29, 1.82) is 0 Å². The third-order valence-electron chi connectivity index (χ3n) is 4.03. The fourth-order valence-corrected chi connectivity index (χ4v) is 3.74. The molecule has 0 aromatic rings. The van der Waals surface area contributed by atoms with Crippen LogP contribution in [-0.4, -0.2) is 11.1 Å². The van der Waals surface area contributed by atoms with Crippen molar-refractivity contribution >= 4 is 5.97 Å². The third-order valence-corrected chi connectivity index (χ3v) is 4.03. The average molecular weight is 178 g/mol. The molecule has 1 N–H and O–H groups in total. The van der Waals surface area contributed by atoms with Gasteiger partial charge in [0.2, 0.25) is 0 Å². The second-order valence-corrected chi connectivity index (χ2v) is 4.85. The van der Waals surface area contributed by atoms with E-state index in [1.165, 1.54) is 0 Å². The van der Waals surface area contributed by atoms with Gasteiger partial charge < -0.3 is 5.11 Å². The highest BCUT2D eigenvalue weighted by molar-refractivity contribution is 5.71. The molecule has 0 spiro atoms. The Morgan fingerprint density at radius 3 is 2.38 bits per heavy atom. The topological polar surface area (TPSA) is 37.3 Å². The summed E-state index contributed by atoms with van der Waals surface area (Å²) < 4.78 is 0. The maximum absolute atomic E-state index is 11.1. The number of carboxylic acids is 1. The summed E-state index contributed by atoms with van der Waals surface area (Å²) in [6.07, 6.45) is 6.83. The quantitative estimate of drug-likeness (QED) is 0.624. The molecule has 2 saturated carbocycles. The minimum absolute atomic E-state index is 0.0197. The van der Waals surface area contributed by atoms with Crippen molar-refractivity contribution < 1.29 is 9.90 Å². The van der Waals surface area contributed by atoms with Crippen molar-refractivity contribution in [3.63, 3.8) is 0 Å². The molecule has 13 heavy (non-hydrogen) atoms. The number of carbonyl (C=O) groups is 1. The van der Waals surface area contributed by atoms with E-state index < -0.39 is 5.97 Å². The molecular formula is C11H14O2. The summed E-state index contributed by atoms with van der Waals surface area (Å²) >= 11 is 0. The Morgan fingerprint density at radius 2 is 1.92 bits per heavy atom. The number of hydrogen-bond acceptors (Lipinski definition) is 1. The molecule has 4 aliphatic carbocycles. The number of hydrogen-bond donors (Lipinski definition) is 1. The van der Waals surface area contributed by atoms with Crippen LogP contribution < -0.4 is 0 Å². The molecule has 4 atom stereocenters. The maximum Gasteiger partial charge on any atom is 0.307 e. The van der Waals surface area contributed by atoms with Crippen LogP contribution in [0.2, 0.25) is 0 Å². The minimum atomic E-state index is -0.547. The van der Waals surface area contributed by atoms with E-state index in [1.807, 2.05) is 0 Å². The summed E-state index contributed by atoms with van der Waals surface area (Å²) in [5.41, 5.74) is 1.55. The predicted molar refractivity (Wildman–Crippen MR) is 48.1 cm³/mol. The molecular weight excluding hydrogens is 164 g/mol. The molecule has 70 valence electrons. The summed E-state index contributed by atoms with van der Waals surface area (Å²) in [4.78, 5) is 11.1. The molecule has 0 aromatic heterocycles. The molecule has 0 radical (unpaired) electrons. The van der Waals surface area contributed by atoms with Crippen LogP contribution in [0.5, 0.6) is 0 Å². The Kier molecular flexibility index (Phi) is 1.38. The van der Waals surface area contributed by atoms with Crippen LogP contribution in [0, 0.1) is 23.7 Å². The minimum Gasteiger partial charge on any atom is -0.481 e. The SMILES string of the molecule is O=C(O)C1[C@@H]2CC3=CC(C2)C[C@@H]1C3. The molecule has 0 saturated heterocycles. The monoisotopic (exact) mass is 178 g/mol. The molecule has 4 bridgehead atoms. The Hall–Kier alpha value is -0.790. The van der Waals surface area contributed by atoms with Gasteiger partial charge in [-0.3, -0.25) is 4.79 Å². The lowest BCUT2D eigenvalue weighted by molar-refractivity contribution is -0.149. The van der Waals surface area contributed by atoms with Crippen molar-refractivity contribution in [1.82, 2.24) is 0 Å². The zero-order chi connectivity index (χ0) is 9.00. The van der Waals surface area contributed by atoms with Crippen molar-refractivity contribution in [3.8, 4) is 0 Å². The summed E-state index contributed by atoms with van der Waals surface area (Å²) in [5.74, 6) is 1.09. The van der Waals surface area contributed by atoms with Crippen LogP contribution >= 0.6 is 0 Å². The molecule has 4 rings (SSSR count). The van der Waals surface area contributed by atoms with E-state index >= 15 is 0 Å². The summed E-state index contributed by atoms with van der Waals surface area (Å²) in [6.45, 7) is 0. The van der Waals surface area contributed by atoms with Gasteiger partial charge in [0, 0.05) is 0 Å². The van der Waals surface area contributed by atoms with Gasteiger partial charge in [0.25, 0.3) is 0 Å². The van der Waals surface area contributed by atoms with Crippen LogP contribution in [0.1, 0.15) is 25.7 Å². The molecule has 0 heterocycles. The molecule has 0 amide bonds. The summed E-state index contributed by atoms with van der Waals surface area (Å²) in [7, 11) is 0. The van der Waals surface area contributed by atoms with E-state index in [-0.39, 0.29) is 5.92 Å². The second kappa shape index (κ2) is 2.37. The van der Waals surface area contributed by atoms with Gasteiger partial charge >= 0.3 is 5.97 Å². The molecule has 2 fully saturated rings. The highest BCUT2D eigenvalue weighted by Crippen LogP contribution is 2.53. The maximum atomic E-state index is 11.1. The Balaban J connectivity index is 1.97. The molecule has 2 heteroatoms. The van der Waals surface area contributed by atoms with E-state index in [1.54, 1.807) is 5.57 Å². The first kappa shape index (κ1) is 7.60. The molecule has 2 nitrogen and oxygen atoms in total. The van der Waals surface area contributed by atoms with Gasteiger partial charge in [0.05, 0.1) is 5.92 Å². The van der Waals surface area contributed by atoms with Crippen molar-refractivity contribution in [3.05, 3.63) is 11.6 Å². The average Bonchev–Trinajstić information content (AvgIpc) is 2.00. The Labute approximate surface area is 77.6 Å². The standard InChI is InChI=1S/C11H14O2/c12-11(13)10-8-2-6-1-7(4-8)5-9(10)3-6/h1,6,8-10H,2-5H2,(H,12,13)/t6?,8-,9+,10?. The van der Waals surface area contributed by atoms with E-state index in [0.29, 0.717) is 11.8 Å². The Morgan fingerprint density at radius 1 is 1.31 bits per heavy atom. The fraction of sp³-hybridized carbons (Fsp3) is 0.727. The van der Waals surface area contributed by atoms with Gasteiger partial charge in [-0.1, -0.05) is 11.6 Å². The van der Waals surface area contributed by atoms with Crippen molar-refractivity contribution in [2.75, 3.05) is 0 Å². The summed E-state index contributed by atoms with van der Waals surface area (Å²) in [5, 5.41) is 9.13. The van der Waals surface area contributed by atoms with Gasteiger partial charge in [-0.15, -0.1) is 0 Å². The zero-order valence-corrected chi connectivity index (χ0v) is 7.57. The first-order chi connectivity index (χ1) is 6.24. The van der Waals surface area contributed by atoms with Gasteiger partial charge in [-0.2, -0.15) is 0 Å². The van der Waals surface area contributed by atoms with Crippen LogP contribution in [0.3, 0.4) is 0 Å².